The van der Waals surface area contributed by atoms with Crippen molar-refractivity contribution in [1.82, 2.24) is 31.5 Å². The maximum atomic E-state index is 13.4. The molecule has 0 bridgehead atoms. The quantitative estimate of drug-likeness (QED) is 0.329. The van der Waals surface area contributed by atoms with Crippen LogP contribution in [0.2, 0.25) is 0 Å². The van der Waals surface area contributed by atoms with Gasteiger partial charge in [-0.1, -0.05) is 57.0 Å². The van der Waals surface area contributed by atoms with E-state index in [4.69, 9.17) is 0 Å². The van der Waals surface area contributed by atoms with Crippen LogP contribution in [0.5, 0.6) is 0 Å². The lowest BCUT2D eigenvalue weighted by atomic mass is 10.0. The number of hydrogen-bond acceptors (Lipinski definition) is 6. The molecule has 5 N–H and O–H groups in total. The number of likely N-dealkylation sites (N-methyl/N-ethyl adjacent to an activating group) is 1. The van der Waals surface area contributed by atoms with E-state index in [1.807, 2.05) is 30.3 Å². The highest BCUT2D eigenvalue weighted by Gasteiger charge is 2.33. The largest absolute Gasteiger partial charge is 0.355 e. The van der Waals surface area contributed by atoms with Crippen LogP contribution in [-0.2, 0) is 35.2 Å². The minimum absolute atomic E-state index is 0.150. The fourth-order valence-corrected chi connectivity index (χ4v) is 5.40. The lowest BCUT2D eigenvalue weighted by Gasteiger charge is -2.28. The summed E-state index contributed by atoms with van der Waals surface area (Å²) >= 11 is 0. The molecule has 12 nitrogen and oxygen atoms in total. The lowest BCUT2D eigenvalue weighted by Crippen LogP contribution is -2.59. The van der Waals surface area contributed by atoms with Crippen molar-refractivity contribution in [2.24, 2.45) is 11.8 Å². The van der Waals surface area contributed by atoms with E-state index in [0.717, 1.165) is 31.2 Å². The van der Waals surface area contributed by atoms with Crippen LogP contribution >= 0.6 is 0 Å². The molecular formula is C31H46N6O6. The van der Waals surface area contributed by atoms with E-state index in [0.29, 0.717) is 6.42 Å². The number of carbonyl (C=O) groups is 6. The molecule has 0 radical (unpaired) electrons. The highest BCUT2D eigenvalue weighted by atomic mass is 16.2. The molecule has 43 heavy (non-hydrogen) atoms. The van der Waals surface area contributed by atoms with E-state index < -0.39 is 53.7 Å². The van der Waals surface area contributed by atoms with E-state index in [1.165, 1.54) is 18.9 Å². The summed E-state index contributed by atoms with van der Waals surface area (Å²) in [4.78, 5) is 80.1. The van der Waals surface area contributed by atoms with Crippen LogP contribution in [-0.4, -0.2) is 84.6 Å². The van der Waals surface area contributed by atoms with Gasteiger partial charge < -0.3 is 31.5 Å². The van der Waals surface area contributed by atoms with E-state index in [9.17, 15) is 28.8 Å². The topological polar surface area (TPSA) is 166 Å². The molecule has 6 amide bonds. The van der Waals surface area contributed by atoms with Crippen LogP contribution in [0, 0.1) is 11.8 Å². The molecule has 4 atom stereocenters. The summed E-state index contributed by atoms with van der Waals surface area (Å²) in [5.41, 5.74) is 0.815. The number of benzene rings is 1. The summed E-state index contributed by atoms with van der Waals surface area (Å²) < 4.78 is 0. The van der Waals surface area contributed by atoms with Crippen molar-refractivity contribution in [2.75, 3.05) is 20.1 Å². The SMILES string of the molecule is CC(C)[C@H]1NC(=O)[C@@H](NC(=O)C2CCCC2)CCCNC(=O)CN(C)C(=O)[C@H](Cc2ccccc2)NC(=O)[C@@H](C)NC1=O. The van der Waals surface area contributed by atoms with Crippen molar-refractivity contribution in [1.29, 1.82) is 0 Å². The van der Waals surface area contributed by atoms with Gasteiger partial charge in [-0.25, -0.2) is 0 Å². The number of rotatable bonds is 5. The van der Waals surface area contributed by atoms with Crippen molar-refractivity contribution in [3.63, 3.8) is 0 Å². The first-order valence-corrected chi connectivity index (χ1v) is 15.2. The Morgan fingerprint density at radius 1 is 0.907 bits per heavy atom. The molecule has 1 saturated heterocycles. The Labute approximate surface area is 253 Å². The molecule has 0 unspecified atom stereocenters. The maximum absolute atomic E-state index is 13.4. The van der Waals surface area contributed by atoms with Gasteiger partial charge in [0.2, 0.25) is 35.4 Å². The van der Waals surface area contributed by atoms with Crippen molar-refractivity contribution in [3.05, 3.63) is 35.9 Å². The third-order valence-corrected chi connectivity index (χ3v) is 8.00. The molecule has 1 saturated carbocycles. The zero-order chi connectivity index (χ0) is 31.5. The van der Waals surface area contributed by atoms with E-state index >= 15 is 0 Å². The van der Waals surface area contributed by atoms with Gasteiger partial charge >= 0.3 is 0 Å². The van der Waals surface area contributed by atoms with Gasteiger partial charge in [0.15, 0.2) is 0 Å². The molecule has 2 fully saturated rings. The van der Waals surface area contributed by atoms with E-state index in [-0.39, 0.29) is 43.7 Å². The lowest BCUT2D eigenvalue weighted by molar-refractivity contribution is -0.139. The molecule has 1 heterocycles. The number of carbonyl (C=O) groups excluding carboxylic acids is 6. The van der Waals surface area contributed by atoms with Gasteiger partial charge in [-0.15, -0.1) is 0 Å². The smallest absolute Gasteiger partial charge is 0.245 e. The average Bonchev–Trinajstić information content (AvgIpc) is 3.51. The van der Waals surface area contributed by atoms with Gasteiger partial charge in [0.25, 0.3) is 0 Å². The normalized spacial score (nSPS) is 25.7. The van der Waals surface area contributed by atoms with Crippen molar-refractivity contribution < 1.29 is 28.8 Å². The second-order valence-corrected chi connectivity index (χ2v) is 11.9. The number of hydrogen-bond donors (Lipinski definition) is 5. The third kappa shape index (κ3) is 10.1. The van der Waals surface area contributed by atoms with Gasteiger partial charge in [-0.2, -0.15) is 0 Å². The predicted octanol–water partition coefficient (Wildman–Crippen LogP) is 0.403. The van der Waals surface area contributed by atoms with Gasteiger partial charge in [0, 0.05) is 25.9 Å². The summed E-state index contributed by atoms with van der Waals surface area (Å²) in [6.45, 7) is 5.03. The third-order valence-electron chi connectivity index (χ3n) is 8.00. The van der Waals surface area contributed by atoms with Crippen molar-refractivity contribution >= 4 is 35.4 Å². The molecule has 3 rings (SSSR count). The molecule has 1 aliphatic heterocycles. The number of nitrogens with one attached hydrogen (secondary N) is 5. The molecule has 12 heteroatoms. The van der Waals surface area contributed by atoms with Crippen LogP contribution < -0.4 is 26.6 Å². The first kappa shape index (κ1) is 33.5. The van der Waals surface area contributed by atoms with Crippen molar-refractivity contribution in [3.8, 4) is 0 Å². The Kier molecular flexibility index (Phi) is 12.5. The summed E-state index contributed by atoms with van der Waals surface area (Å²) in [5, 5.41) is 13.8. The predicted molar refractivity (Wildman–Crippen MR) is 160 cm³/mol. The Hall–Kier alpha value is -3.96. The average molecular weight is 599 g/mol. The summed E-state index contributed by atoms with van der Waals surface area (Å²) in [7, 11) is 1.49. The number of amides is 6. The number of nitrogens with zero attached hydrogens (tertiary/aromatic N) is 1. The Bertz CT molecular complexity index is 1150. The second kappa shape index (κ2) is 16.0. The van der Waals surface area contributed by atoms with Gasteiger partial charge in [-0.3, -0.25) is 28.8 Å². The van der Waals surface area contributed by atoms with Crippen molar-refractivity contribution in [2.45, 2.75) is 89.9 Å². The Balaban J connectivity index is 1.82. The molecule has 0 spiro atoms. The zero-order valence-corrected chi connectivity index (χ0v) is 25.6. The Morgan fingerprint density at radius 2 is 1.58 bits per heavy atom. The fraction of sp³-hybridized carbons (Fsp3) is 0.613. The Morgan fingerprint density at radius 3 is 2.23 bits per heavy atom. The highest BCUT2D eigenvalue weighted by Crippen LogP contribution is 2.25. The van der Waals surface area contributed by atoms with Gasteiger partial charge in [0.05, 0.1) is 6.54 Å². The molecular weight excluding hydrogens is 552 g/mol. The minimum atomic E-state index is -1.03. The highest BCUT2D eigenvalue weighted by molar-refractivity contribution is 5.96. The second-order valence-electron chi connectivity index (χ2n) is 11.9. The molecule has 236 valence electrons. The zero-order valence-electron chi connectivity index (χ0n) is 25.6. The first-order valence-electron chi connectivity index (χ1n) is 15.2. The van der Waals surface area contributed by atoms with Crippen LogP contribution in [0.15, 0.2) is 30.3 Å². The van der Waals surface area contributed by atoms with E-state index in [2.05, 4.69) is 26.6 Å². The fourth-order valence-electron chi connectivity index (χ4n) is 5.40. The van der Waals surface area contributed by atoms with Crippen LogP contribution in [0.25, 0.3) is 0 Å². The standard InChI is InChI=1S/C31H46N6O6/c1-19(2)26-30(42)33-20(3)27(39)35-24(17-21-11-6-5-7-12-21)31(43)37(4)18-25(38)32-16-10-15-23(29(41)36-26)34-28(40)22-13-8-9-14-22/h5-7,11-12,19-20,22-24,26H,8-10,13-18H2,1-4H3,(H,32,38)(H,33,42)(H,34,40)(H,35,39)(H,36,41)/t20-,23+,24+,26-/m1/s1. The van der Waals surface area contributed by atoms with Crippen LogP contribution in [0.3, 0.4) is 0 Å². The van der Waals surface area contributed by atoms with E-state index in [1.54, 1.807) is 13.8 Å². The van der Waals surface area contributed by atoms with Crippen LogP contribution in [0.1, 0.15) is 64.9 Å². The summed E-state index contributed by atoms with van der Waals surface area (Å²) in [6.07, 6.45) is 4.28. The molecule has 0 aromatic heterocycles. The van der Waals surface area contributed by atoms with Gasteiger partial charge in [-0.05, 0) is 44.1 Å². The summed E-state index contributed by atoms with van der Waals surface area (Å²) in [6, 6.07) is 5.29. The van der Waals surface area contributed by atoms with Crippen LogP contribution in [0.4, 0.5) is 0 Å². The maximum Gasteiger partial charge on any atom is 0.245 e. The summed E-state index contributed by atoms with van der Waals surface area (Å²) in [5.74, 6) is -3.14. The first-order chi connectivity index (χ1) is 20.5. The molecule has 1 aromatic carbocycles. The monoisotopic (exact) mass is 598 g/mol. The molecule has 1 aliphatic carbocycles. The van der Waals surface area contributed by atoms with Gasteiger partial charge in [0.1, 0.15) is 24.2 Å². The minimum Gasteiger partial charge on any atom is -0.355 e. The molecule has 2 aliphatic rings. The molecule has 1 aromatic rings.